The molecular formula is C19H32N4. The standard InChI is InChI=1S/C19H32N4/c1-5-20-19(23-12-10-16(2)11-13-23)21-14-17-6-8-18(9-7-17)15-22(3)4/h6-9,16H,5,10-15H2,1-4H3,(H,20,21). The molecule has 2 rings (SSSR count). The van der Waals surface area contributed by atoms with Crippen LogP contribution >= 0.6 is 0 Å². The van der Waals surface area contributed by atoms with Gasteiger partial charge in [-0.3, -0.25) is 0 Å². The number of nitrogens with one attached hydrogen (secondary N) is 1. The SMILES string of the molecule is CCNC(=NCc1ccc(CN(C)C)cc1)N1CCC(C)CC1. The zero-order valence-corrected chi connectivity index (χ0v) is 15.2. The first kappa shape index (κ1) is 17.8. The van der Waals surface area contributed by atoms with Gasteiger partial charge in [-0.25, -0.2) is 4.99 Å². The Morgan fingerprint density at radius 2 is 1.78 bits per heavy atom. The van der Waals surface area contributed by atoms with Gasteiger partial charge in [-0.2, -0.15) is 0 Å². The molecule has 23 heavy (non-hydrogen) atoms. The number of rotatable bonds is 5. The molecular weight excluding hydrogens is 284 g/mol. The zero-order chi connectivity index (χ0) is 16.7. The number of aliphatic imine (C=N–C) groups is 1. The zero-order valence-electron chi connectivity index (χ0n) is 15.2. The first-order valence-electron chi connectivity index (χ1n) is 8.84. The molecule has 4 nitrogen and oxygen atoms in total. The summed E-state index contributed by atoms with van der Waals surface area (Å²) in [6, 6.07) is 8.81. The van der Waals surface area contributed by atoms with Gasteiger partial charge in [0.05, 0.1) is 6.54 Å². The van der Waals surface area contributed by atoms with Crippen LogP contribution in [0.15, 0.2) is 29.3 Å². The molecule has 1 fully saturated rings. The molecule has 0 bridgehead atoms. The Balaban J connectivity index is 1.96. The van der Waals surface area contributed by atoms with Crippen molar-refractivity contribution in [2.75, 3.05) is 33.7 Å². The normalized spacial score (nSPS) is 16.9. The topological polar surface area (TPSA) is 30.9 Å². The Hall–Kier alpha value is -1.55. The molecule has 1 heterocycles. The fourth-order valence-corrected chi connectivity index (χ4v) is 2.93. The van der Waals surface area contributed by atoms with Crippen LogP contribution in [0.1, 0.15) is 37.8 Å². The van der Waals surface area contributed by atoms with Crippen LogP contribution < -0.4 is 5.32 Å². The van der Waals surface area contributed by atoms with Crippen LogP contribution in [0.5, 0.6) is 0 Å². The maximum Gasteiger partial charge on any atom is 0.194 e. The van der Waals surface area contributed by atoms with Gasteiger partial charge in [-0.1, -0.05) is 31.2 Å². The highest BCUT2D eigenvalue weighted by Crippen LogP contribution is 2.16. The Morgan fingerprint density at radius 3 is 2.35 bits per heavy atom. The van der Waals surface area contributed by atoms with E-state index in [2.05, 4.69) is 67.3 Å². The first-order chi connectivity index (χ1) is 11.1. The van der Waals surface area contributed by atoms with Crippen molar-refractivity contribution in [2.24, 2.45) is 10.9 Å². The van der Waals surface area contributed by atoms with Crippen LogP contribution in [0, 0.1) is 5.92 Å². The largest absolute Gasteiger partial charge is 0.357 e. The van der Waals surface area contributed by atoms with E-state index in [9.17, 15) is 0 Å². The monoisotopic (exact) mass is 316 g/mol. The Bertz CT molecular complexity index is 485. The third kappa shape index (κ3) is 5.87. The Kier molecular flexibility index (Phi) is 6.90. The van der Waals surface area contributed by atoms with Gasteiger partial charge in [-0.15, -0.1) is 0 Å². The minimum Gasteiger partial charge on any atom is -0.357 e. The maximum atomic E-state index is 4.84. The molecule has 4 heteroatoms. The van der Waals surface area contributed by atoms with Crippen molar-refractivity contribution in [1.82, 2.24) is 15.1 Å². The minimum absolute atomic E-state index is 0.747. The number of piperidine rings is 1. The first-order valence-corrected chi connectivity index (χ1v) is 8.84. The number of benzene rings is 1. The van der Waals surface area contributed by atoms with Gasteiger partial charge < -0.3 is 15.1 Å². The van der Waals surface area contributed by atoms with Gasteiger partial charge in [0.2, 0.25) is 0 Å². The summed E-state index contributed by atoms with van der Waals surface area (Å²) < 4.78 is 0. The third-order valence-electron chi connectivity index (χ3n) is 4.35. The predicted molar refractivity (Wildman–Crippen MR) is 98.6 cm³/mol. The highest BCUT2D eigenvalue weighted by molar-refractivity contribution is 5.80. The number of likely N-dealkylation sites (tertiary alicyclic amines) is 1. The predicted octanol–water partition coefficient (Wildman–Crippen LogP) is 2.95. The molecule has 0 unspecified atom stereocenters. The van der Waals surface area contributed by atoms with E-state index in [1.165, 1.54) is 24.0 Å². The van der Waals surface area contributed by atoms with Crippen LogP contribution in [0.25, 0.3) is 0 Å². The lowest BCUT2D eigenvalue weighted by Crippen LogP contribution is -2.45. The van der Waals surface area contributed by atoms with Gasteiger partial charge in [-0.05, 0) is 50.9 Å². The second kappa shape index (κ2) is 8.92. The summed E-state index contributed by atoms with van der Waals surface area (Å²) in [5.41, 5.74) is 2.62. The minimum atomic E-state index is 0.747. The molecule has 0 aromatic heterocycles. The lowest BCUT2D eigenvalue weighted by Gasteiger charge is -2.33. The van der Waals surface area contributed by atoms with Gasteiger partial charge in [0.15, 0.2) is 5.96 Å². The number of nitrogens with zero attached hydrogens (tertiary/aromatic N) is 3. The van der Waals surface area contributed by atoms with E-state index in [-0.39, 0.29) is 0 Å². The van der Waals surface area contributed by atoms with E-state index in [0.29, 0.717) is 0 Å². The Labute approximate surface area is 141 Å². The summed E-state index contributed by atoms with van der Waals surface area (Å²) in [7, 11) is 4.20. The van der Waals surface area contributed by atoms with E-state index in [1.54, 1.807) is 0 Å². The van der Waals surface area contributed by atoms with Crippen molar-refractivity contribution < 1.29 is 0 Å². The van der Waals surface area contributed by atoms with Crippen molar-refractivity contribution >= 4 is 5.96 Å². The molecule has 1 aromatic carbocycles. The average Bonchev–Trinajstić information content (AvgIpc) is 2.53. The summed E-state index contributed by atoms with van der Waals surface area (Å²) in [5.74, 6) is 1.91. The summed E-state index contributed by atoms with van der Waals surface area (Å²) in [5, 5.41) is 3.44. The van der Waals surface area contributed by atoms with Crippen LogP contribution in [0.2, 0.25) is 0 Å². The molecule has 1 N–H and O–H groups in total. The van der Waals surface area contributed by atoms with E-state index in [0.717, 1.165) is 44.6 Å². The lowest BCUT2D eigenvalue weighted by molar-refractivity contribution is 0.273. The highest BCUT2D eigenvalue weighted by Gasteiger charge is 2.18. The van der Waals surface area contributed by atoms with E-state index >= 15 is 0 Å². The molecule has 1 aromatic rings. The number of hydrogen-bond acceptors (Lipinski definition) is 2. The molecule has 0 saturated carbocycles. The number of hydrogen-bond donors (Lipinski definition) is 1. The molecule has 1 aliphatic rings. The summed E-state index contributed by atoms with van der Waals surface area (Å²) >= 11 is 0. The molecule has 128 valence electrons. The van der Waals surface area contributed by atoms with Crippen LogP contribution in [-0.4, -0.2) is 49.5 Å². The number of guanidine groups is 1. The molecule has 1 aliphatic heterocycles. The summed E-state index contributed by atoms with van der Waals surface area (Å²) in [6.45, 7) is 9.37. The Morgan fingerprint density at radius 1 is 1.17 bits per heavy atom. The molecule has 1 saturated heterocycles. The van der Waals surface area contributed by atoms with Crippen molar-refractivity contribution in [3.63, 3.8) is 0 Å². The van der Waals surface area contributed by atoms with Crippen molar-refractivity contribution in [3.05, 3.63) is 35.4 Å². The van der Waals surface area contributed by atoms with Crippen molar-refractivity contribution in [3.8, 4) is 0 Å². The smallest absolute Gasteiger partial charge is 0.194 e. The average molecular weight is 316 g/mol. The fourth-order valence-electron chi connectivity index (χ4n) is 2.93. The third-order valence-corrected chi connectivity index (χ3v) is 4.35. The molecule has 0 amide bonds. The van der Waals surface area contributed by atoms with Gasteiger partial charge in [0.1, 0.15) is 0 Å². The maximum absolute atomic E-state index is 4.84. The highest BCUT2D eigenvalue weighted by atomic mass is 15.3. The van der Waals surface area contributed by atoms with Crippen LogP contribution in [0.3, 0.4) is 0 Å². The fraction of sp³-hybridized carbons (Fsp3) is 0.632. The van der Waals surface area contributed by atoms with Gasteiger partial charge in [0, 0.05) is 26.2 Å². The summed E-state index contributed by atoms with van der Waals surface area (Å²) in [4.78, 5) is 9.44. The quantitative estimate of drug-likeness (QED) is 0.669. The van der Waals surface area contributed by atoms with Crippen LogP contribution in [0.4, 0.5) is 0 Å². The van der Waals surface area contributed by atoms with Crippen molar-refractivity contribution in [1.29, 1.82) is 0 Å². The van der Waals surface area contributed by atoms with E-state index in [1.807, 2.05) is 0 Å². The van der Waals surface area contributed by atoms with Crippen LogP contribution in [-0.2, 0) is 13.1 Å². The van der Waals surface area contributed by atoms with Crippen molar-refractivity contribution in [2.45, 2.75) is 39.8 Å². The second-order valence-electron chi connectivity index (χ2n) is 6.89. The molecule has 0 radical (unpaired) electrons. The molecule has 0 spiro atoms. The van der Waals surface area contributed by atoms with E-state index < -0.39 is 0 Å². The van der Waals surface area contributed by atoms with Gasteiger partial charge >= 0.3 is 0 Å². The molecule has 0 aliphatic carbocycles. The van der Waals surface area contributed by atoms with Gasteiger partial charge in [0.25, 0.3) is 0 Å². The summed E-state index contributed by atoms with van der Waals surface area (Å²) in [6.07, 6.45) is 2.54. The second-order valence-corrected chi connectivity index (χ2v) is 6.89. The molecule has 0 atom stereocenters. The lowest BCUT2D eigenvalue weighted by atomic mass is 10.00. The van der Waals surface area contributed by atoms with E-state index in [4.69, 9.17) is 4.99 Å².